The SMILES string of the molecule is COc1ccc(C(CC(=O)N[C@H](C)C(=O)Nc2cc(C)on2)C2CC2)cc1. The van der Waals surface area contributed by atoms with Gasteiger partial charge in [-0.1, -0.05) is 17.3 Å². The molecule has 1 aromatic carbocycles. The minimum Gasteiger partial charge on any atom is -0.497 e. The smallest absolute Gasteiger partial charge is 0.247 e. The number of aromatic nitrogens is 1. The molecule has 1 aliphatic rings. The van der Waals surface area contributed by atoms with Crippen LogP contribution in [0.1, 0.15) is 43.4 Å². The fourth-order valence-electron chi connectivity index (χ4n) is 3.13. The van der Waals surface area contributed by atoms with Gasteiger partial charge in [0.05, 0.1) is 7.11 Å². The van der Waals surface area contributed by atoms with Crippen LogP contribution in [0.5, 0.6) is 5.75 Å². The van der Waals surface area contributed by atoms with Crippen LogP contribution in [0.3, 0.4) is 0 Å². The molecule has 0 aliphatic heterocycles. The Kier molecular flexibility index (Phi) is 5.78. The van der Waals surface area contributed by atoms with Crippen molar-refractivity contribution in [1.29, 1.82) is 0 Å². The summed E-state index contributed by atoms with van der Waals surface area (Å²) in [5.41, 5.74) is 1.13. The van der Waals surface area contributed by atoms with E-state index >= 15 is 0 Å². The van der Waals surface area contributed by atoms with Gasteiger partial charge in [-0.2, -0.15) is 0 Å². The number of nitrogens with zero attached hydrogens (tertiary/aromatic N) is 1. The highest BCUT2D eigenvalue weighted by Crippen LogP contribution is 2.44. The van der Waals surface area contributed by atoms with E-state index in [0.29, 0.717) is 23.9 Å². The number of benzene rings is 1. The lowest BCUT2D eigenvalue weighted by Crippen LogP contribution is -2.42. The van der Waals surface area contributed by atoms with Crippen LogP contribution in [0, 0.1) is 12.8 Å². The summed E-state index contributed by atoms with van der Waals surface area (Å²) in [6.45, 7) is 3.39. The molecule has 2 amide bonds. The Morgan fingerprint density at radius 3 is 2.56 bits per heavy atom. The molecule has 1 fully saturated rings. The number of anilines is 1. The second kappa shape index (κ2) is 8.24. The highest BCUT2D eigenvalue weighted by Gasteiger charge is 2.34. The second-order valence-corrected chi connectivity index (χ2v) is 7.02. The third kappa shape index (κ3) is 5.09. The fourth-order valence-corrected chi connectivity index (χ4v) is 3.13. The number of amides is 2. The lowest BCUT2D eigenvalue weighted by Gasteiger charge is -2.19. The molecule has 7 heteroatoms. The van der Waals surface area contributed by atoms with Crippen LogP contribution < -0.4 is 15.4 Å². The van der Waals surface area contributed by atoms with Crippen LogP contribution in [0.4, 0.5) is 5.82 Å². The molecule has 7 nitrogen and oxygen atoms in total. The van der Waals surface area contributed by atoms with Crippen molar-refractivity contribution in [3.63, 3.8) is 0 Å². The van der Waals surface area contributed by atoms with Crippen molar-refractivity contribution in [2.45, 2.75) is 45.1 Å². The van der Waals surface area contributed by atoms with E-state index in [2.05, 4.69) is 15.8 Å². The summed E-state index contributed by atoms with van der Waals surface area (Å²) in [5.74, 6) is 1.95. The molecule has 1 unspecified atom stereocenters. The third-order valence-corrected chi connectivity index (χ3v) is 4.79. The van der Waals surface area contributed by atoms with Gasteiger partial charge >= 0.3 is 0 Å². The zero-order valence-corrected chi connectivity index (χ0v) is 15.8. The molecule has 1 aromatic heterocycles. The summed E-state index contributed by atoms with van der Waals surface area (Å²) in [6.07, 6.45) is 2.62. The number of aryl methyl sites for hydroxylation is 1. The zero-order valence-electron chi connectivity index (χ0n) is 15.8. The molecule has 2 aromatic rings. The number of hydrogen-bond acceptors (Lipinski definition) is 5. The molecule has 0 bridgehead atoms. The Labute approximate surface area is 158 Å². The summed E-state index contributed by atoms with van der Waals surface area (Å²) in [7, 11) is 1.63. The van der Waals surface area contributed by atoms with Gasteiger partial charge in [0.2, 0.25) is 11.8 Å². The van der Waals surface area contributed by atoms with Crippen LogP contribution in [0.2, 0.25) is 0 Å². The molecule has 0 saturated heterocycles. The number of nitrogens with one attached hydrogen (secondary N) is 2. The largest absolute Gasteiger partial charge is 0.497 e. The lowest BCUT2D eigenvalue weighted by atomic mass is 9.90. The number of carbonyl (C=O) groups excluding carboxylic acids is 2. The predicted molar refractivity (Wildman–Crippen MR) is 101 cm³/mol. The number of carbonyl (C=O) groups is 2. The maximum atomic E-state index is 12.5. The van der Waals surface area contributed by atoms with E-state index in [1.54, 1.807) is 27.0 Å². The van der Waals surface area contributed by atoms with E-state index in [1.165, 1.54) is 0 Å². The summed E-state index contributed by atoms with van der Waals surface area (Å²) in [5, 5.41) is 9.13. The minimum atomic E-state index is -0.662. The molecule has 0 spiro atoms. The quantitative estimate of drug-likeness (QED) is 0.744. The van der Waals surface area contributed by atoms with Crippen molar-refractivity contribution in [2.24, 2.45) is 5.92 Å². The Balaban J connectivity index is 1.56. The van der Waals surface area contributed by atoms with Gasteiger partial charge in [-0.25, -0.2) is 0 Å². The van der Waals surface area contributed by atoms with E-state index in [0.717, 1.165) is 24.2 Å². The summed E-state index contributed by atoms with van der Waals surface area (Å²) in [4.78, 5) is 24.7. The molecule has 3 rings (SSSR count). The molecule has 144 valence electrons. The first kappa shape index (κ1) is 18.9. The van der Waals surface area contributed by atoms with Crippen LogP contribution in [0.25, 0.3) is 0 Å². The normalized spacial score (nSPS) is 15.7. The molecule has 1 aliphatic carbocycles. The molecular formula is C20H25N3O4. The highest BCUT2D eigenvalue weighted by atomic mass is 16.5. The van der Waals surface area contributed by atoms with Gasteiger partial charge in [-0.05, 0) is 56.2 Å². The number of ether oxygens (including phenoxy) is 1. The van der Waals surface area contributed by atoms with Gasteiger partial charge in [0.25, 0.3) is 0 Å². The fraction of sp³-hybridized carbons (Fsp3) is 0.450. The van der Waals surface area contributed by atoms with Crippen LogP contribution in [-0.2, 0) is 9.59 Å². The number of methoxy groups -OCH3 is 1. The van der Waals surface area contributed by atoms with Gasteiger partial charge < -0.3 is 19.9 Å². The van der Waals surface area contributed by atoms with E-state index in [-0.39, 0.29) is 17.7 Å². The Morgan fingerprint density at radius 1 is 1.30 bits per heavy atom. The Hall–Kier alpha value is -2.83. The van der Waals surface area contributed by atoms with Crippen molar-refractivity contribution in [3.8, 4) is 5.75 Å². The predicted octanol–water partition coefficient (Wildman–Crippen LogP) is 3.02. The lowest BCUT2D eigenvalue weighted by molar-refractivity contribution is -0.126. The first-order chi connectivity index (χ1) is 13.0. The summed E-state index contributed by atoms with van der Waals surface area (Å²) >= 11 is 0. The minimum absolute atomic E-state index is 0.137. The molecule has 2 atom stereocenters. The van der Waals surface area contributed by atoms with Gasteiger partial charge in [-0.3, -0.25) is 9.59 Å². The molecule has 2 N–H and O–H groups in total. The monoisotopic (exact) mass is 371 g/mol. The highest BCUT2D eigenvalue weighted by molar-refractivity contribution is 5.96. The van der Waals surface area contributed by atoms with Gasteiger partial charge in [-0.15, -0.1) is 0 Å². The Morgan fingerprint density at radius 2 is 2.00 bits per heavy atom. The molecule has 27 heavy (non-hydrogen) atoms. The summed E-state index contributed by atoms with van der Waals surface area (Å²) < 4.78 is 10.1. The topological polar surface area (TPSA) is 93.5 Å². The van der Waals surface area contributed by atoms with Crippen molar-refractivity contribution in [1.82, 2.24) is 10.5 Å². The van der Waals surface area contributed by atoms with E-state index in [1.807, 2.05) is 24.3 Å². The molecule has 1 saturated carbocycles. The first-order valence-electron chi connectivity index (χ1n) is 9.13. The van der Waals surface area contributed by atoms with Crippen molar-refractivity contribution in [3.05, 3.63) is 41.7 Å². The maximum absolute atomic E-state index is 12.5. The standard InChI is InChI=1S/C20H25N3O4/c1-12-10-18(23-27-12)22-20(25)13(2)21-19(24)11-17(14-4-5-14)15-6-8-16(26-3)9-7-15/h6-10,13-14,17H,4-5,11H2,1-3H3,(H,21,24)(H,22,23,25)/t13-,17?/m1/s1. The Bertz CT molecular complexity index is 796. The second-order valence-electron chi connectivity index (χ2n) is 7.02. The van der Waals surface area contributed by atoms with E-state index in [9.17, 15) is 9.59 Å². The van der Waals surface area contributed by atoms with E-state index in [4.69, 9.17) is 9.26 Å². The summed E-state index contributed by atoms with van der Waals surface area (Å²) in [6, 6.07) is 8.82. The molecule has 1 heterocycles. The van der Waals surface area contributed by atoms with Crippen LogP contribution >= 0.6 is 0 Å². The van der Waals surface area contributed by atoms with Crippen molar-refractivity contribution in [2.75, 3.05) is 12.4 Å². The van der Waals surface area contributed by atoms with Crippen molar-refractivity contribution < 1.29 is 18.8 Å². The average Bonchev–Trinajstić information content (AvgIpc) is 3.42. The number of rotatable bonds is 8. The van der Waals surface area contributed by atoms with E-state index < -0.39 is 6.04 Å². The van der Waals surface area contributed by atoms with Gasteiger partial charge in [0.15, 0.2) is 5.82 Å². The van der Waals surface area contributed by atoms with Crippen LogP contribution in [-0.4, -0.2) is 30.1 Å². The maximum Gasteiger partial charge on any atom is 0.247 e. The third-order valence-electron chi connectivity index (χ3n) is 4.79. The van der Waals surface area contributed by atoms with Crippen LogP contribution in [0.15, 0.2) is 34.9 Å². The van der Waals surface area contributed by atoms with Gasteiger partial charge in [0.1, 0.15) is 17.6 Å². The average molecular weight is 371 g/mol. The zero-order chi connectivity index (χ0) is 19.4. The number of hydrogen-bond donors (Lipinski definition) is 2. The van der Waals surface area contributed by atoms with Crippen molar-refractivity contribution >= 4 is 17.6 Å². The molecule has 0 radical (unpaired) electrons. The molecular weight excluding hydrogens is 346 g/mol. The van der Waals surface area contributed by atoms with Gasteiger partial charge in [0, 0.05) is 12.5 Å². The first-order valence-corrected chi connectivity index (χ1v) is 9.13.